The Bertz CT molecular complexity index is 1700. The highest BCUT2D eigenvalue weighted by molar-refractivity contribution is 7.15. The van der Waals surface area contributed by atoms with Gasteiger partial charge >= 0.3 is 0 Å². The van der Waals surface area contributed by atoms with Gasteiger partial charge in [-0.1, -0.05) is 102 Å². The topological polar surface area (TPSA) is 80.7 Å². The molecule has 1 amide bonds. The summed E-state index contributed by atoms with van der Waals surface area (Å²) in [5.74, 6) is -0.257. The number of rotatable bonds is 7. The van der Waals surface area contributed by atoms with Crippen LogP contribution < -0.4 is 5.32 Å². The van der Waals surface area contributed by atoms with E-state index in [0.29, 0.717) is 16.2 Å². The molecular weight excluding hydrogens is 490 g/mol. The Kier molecular flexibility index (Phi) is 6.66. The zero-order valence-electron chi connectivity index (χ0n) is 20.4. The Morgan fingerprint density at radius 2 is 1.26 bits per heavy atom. The van der Waals surface area contributed by atoms with Crippen LogP contribution in [0.2, 0.25) is 0 Å². The van der Waals surface area contributed by atoms with Gasteiger partial charge in [0, 0.05) is 23.1 Å². The summed E-state index contributed by atoms with van der Waals surface area (Å²) in [4.78, 5) is 23.0. The van der Waals surface area contributed by atoms with E-state index in [1.165, 1.54) is 16.9 Å². The number of nitrogens with zero attached hydrogens (tertiary/aromatic N) is 4. The van der Waals surface area contributed by atoms with E-state index in [0.717, 1.165) is 45.9 Å². The van der Waals surface area contributed by atoms with Crippen molar-refractivity contribution >= 4 is 33.4 Å². The maximum absolute atomic E-state index is 13.1. The van der Waals surface area contributed by atoms with E-state index in [9.17, 15) is 4.79 Å². The molecule has 0 spiro atoms. The van der Waals surface area contributed by atoms with E-state index in [-0.39, 0.29) is 5.91 Å². The molecule has 0 saturated carbocycles. The molecule has 1 N–H and O–H groups in total. The van der Waals surface area contributed by atoms with Crippen LogP contribution >= 0.6 is 11.3 Å². The van der Waals surface area contributed by atoms with E-state index in [1.54, 1.807) is 12.1 Å². The Hall–Kier alpha value is -4.75. The third-order valence-corrected chi connectivity index (χ3v) is 7.08. The zero-order chi connectivity index (χ0) is 25.7. The Morgan fingerprint density at radius 1 is 0.658 bits per heavy atom. The van der Waals surface area contributed by atoms with E-state index >= 15 is 0 Å². The summed E-state index contributed by atoms with van der Waals surface area (Å²) in [7, 11) is 0. The number of benzene rings is 4. The Morgan fingerprint density at radius 3 is 1.92 bits per heavy atom. The van der Waals surface area contributed by atoms with Crippen molar-refractivity contribution in [3.8, 4) is 22.5 Å². The van der Waals surface area contributed by atoms with E-state index in [4.69, 9.17) is 9.97 Å². The van der Waals surface area contributed by atoms with Crippen molar-refractivity contribution in [2.75, 3.05) is 5.32 Å². The van der Waals surface area contributed by atoms with Gasteiger partial charge in [-0.15, -0.1) is 10.2 Å². The van der Waals surface area contributed by atoms with Gasteiger partial charge in [-0.2, -0.15) is 0 Å². The van der Waals surface area contributed by atoms with E-state index in [1.807, 2.05) is 84.9 Å². The second-order valence-electron chi connectivity index (χ2n) is 8.80. The number of nitrogens with one attached hydrogen (secondary N) is 1. The van der Waals surface area contributed by atoms with Crippen molar-refractivity contribution < 1.29 is 4.79 Å². The highest BCUT2D eigenvalue weighted by Crippen LogP contribution is 2.31. The van der Waals surface area contributed by atoms with Gasteiger partial charge < -0.3 is 0 Å². The van der Waals surface area contributed by atoms with Crippen molar-refractivity contribution in [1.82, 2.24) is 20.2 Å². The molecular formula is C31H23N5OS. The van der Waals surface area contributed by atoms with Gasteiger partial charge in [-0.25, -0.2) is 9.97 Å². The maximum Gasteiger partial charge on any atom is 0.257 e. The van der Waals surface area contributed by atoms with Crippen LogP contribution in [0, 0.1) is 0 Å². The lowest BCUT2D eigenvalue weighted by atomic mass is 10.0. The molecule has 4 aromatic carbocycles. The molecule has 7 heteroatoms. The molecule has 2 aromatic heterocycles. The lowest BCUT2D eigenvalue weighted by Gasteiger charge is -2.11. The third-order valence-electron chi connectivity index (χ3n) is 6.18. The average Bonchev–Trinajstić information content (AvgIpc) is 3.43. The van der Waals surface area contributed by atoms with Gasteiger partial charge in [0.15, 0.2) is 0 Å². The molecule has 6 rings (SSSR count). The Balaban J connectivity index is 1.26. The first kappa shape index (κ1) is 23.6. The highest BCUT2D eigenvalue weighted by Gasteiger charge is 2.16. The molecule has 0 unspecified atom stereocenters. The fourth-order valence-electron chi connectivity index (χ4n) is 4.26. The fourth-order valence-corrected chi connectivity index (χ4v) is 4.99. The number of hydrogen-bond donors (Lipinski definition) is 1. The molecule has 6 nitrogen and oxygen atoms in total. The number of hydrogen-bond acceptors (Lipinski definition) is 6. The van der Waals surface area contributed by atoms with Crippen molar-refractivity contribution in [2.24, 2.45) is 0 Å². The van der Waals surface area contributed by atoms with E-state index in [2.05, 4.69) is 27.6 Å². The summed E-state index contributed by atoms with van der Waals surface area (Å²) in [6, 6.07) is 35.6. The molecule has 0 aliphatic heterocycles. The minimum atomic E-state index is -0.257. The molecule has 0 saturated heterocycles. The lowest BCUT2D eigenvalue weighted by molar-refractivity contribution is 0.102. The molecule has 38 heavy (non-hydrogen) atoms. The van der Waals surface area contributed by atoms with Crippen LogP contribution in [0.3, 0.4) is 0 Å². The standard InChI is InChI=1S/C31H23N5OS/c37-30(34-31-36-35-27(38-31)19-16-21-10-4-1-5-11-21)24-17-18-25-26(20-24)33-29(23-14-8-3-9-15-23)28(32-25)22-12-6-2-7-13-22/h1-15,17-18,20H,16,19H2,(H,34,36,37). The van der Waals surface area contributed by atoms with Gasteiger partial charge in [0.05, 0.1) is 22.4 Å². The summed E-state index contributed by atoms with van der Waals surface area (Å²) >= 11 is 1.40. The van der Waals surface area contributed by atoms with Crippen molar-refractivity contribution in [3.63, 3.8) is 0 Å². The normalized spacial score (nSPS) is 10.9. The number of carbonyl (C=O) groups excluding carboxylic acids is 1. The molecule has 0 fully saturated rings. The third kappa shape index (κ3) is 5.19. The number of anilines is 1. The number of carbonyl (C=O) groups is 1. The minimum absolute atomic E-state index is 0.257. The van der Waals surface area contributed by atoms with Crippen LogP contribution in [0.5, 0.6) is 0 Å². The number of aromatic nitrogens is 4. The summed E-state index contributed by atoms with van der Waals surface area (Å²) in [6.07, 6.45) is 1.65. The van der Waals surface area contributed by atoms with Gasteiger partial charge in [0.25, 0.3) is 5.91 Å². The van der Waals surface area contributed by atoms with Crippen molar-refractivity contribution in [2.45, 2.75) is 12.8 Å². The summed E-state index contributed by atoms with van der Waals surface area (Å²) in [5, 5.41) is 12.7. The van der Waals surface area contributed by atoms with Crippen LogP contribution in [-0.2, 0) is 12.8 Å². The molecule has 0 atom stereocenters. The average molecular weight is 514 g/mol. The SMILES string of the molecule is O=C(Nc1nnc(CCc2ccccc2)s1)c1ccc2nc(-c3ccccc3)c(-c3ccccc3)nc2c1. The molecule has 184 valence electrons. The lowest BCUT2D eigenvalue weighted by Crippen LogP contribution is -2.11. The van der Waals surface area contributed by atoms with Crippen LogP contribution in [-0.4, -0.2) is 26.1 Å². The molecule has 0 radical (unpaired) electrons. The maximum atomic E-state index is 13.1. The molecule has 0 aliphatic rings. The molecule has 0 bridgehead atoms. The molecule has 2 heterocycles. The predicted octanol–water partition coefficient (Wildman–Crippen LogP) is 6.85. The number of aryl methyl sites for hydroxylation is 2. The predicted molar refractivity (Wildman–Crippen MR) is 152 cm³/mol. The highest BCUT2D eigenvalue weighted by atomic mass is 32.1. The van der Waals surface area contributed by atoms with Crippen molar-refractivity contribution in [3.05, 3.63) is 125 Å². The number of fused-ring (bicyclic) bond motifs is 1. The van der Waals surface area contributed by atoms with Crippen LogP contribution in [0.15, 0.2) is 109 Å². The summed E-state index contributed by atoms with van der Waals surface area (Å²) in [5.41, 5.74) is 6.63. The first-order valence-electron chi connectivity index (χ1n) is 12.3. The molecule has 0 aliphatic carbocycles. The van der Waals surface area contributed by atoms with Crippen molar-refractivity contribution in [1.29, 1.82) is 0 Å². The monoisotopic (exact) mass is 513 g/mol. The smallest absolute Gasteiger partial charge is 0.257 e. The summed E-state index contributed by atoms with van der Waals surface area (Å²) in [6.45, 7) is 0. The van der Waals surface area contributed by atoms with Gasteiger partial charge in [0.2, 0.25) is 5.13 Å². The zero-order valence-corrected chi connectivity index (χ0v) is 21.2. The van der Waals surface area contributed by atoms with Crippen LogP contribution in [0.1, 0.15) is 20.9 Å². The molecule has 6 aromatic rings. The second kappa shape index (κ2) is 10.7. The van der Waals surface area contributed by atoms with Gasteiger partial charge in [-0.05, 0) is 30.2 Å². The largest absolute Gasteiger partial charge is 0.296 e. The van der Waals surface area contributed by atoms with E-state index < -0.39 is 0 Å². The van der Waals surface area contributed by atoms with Crippen LogP contribution in [0.4, 0.5) is 5.13 Å². The summed E-state index contributed by atoms with van der Waals surface area (Å²) < 4.78 is 0. The minimum Gasteiger partial charge on any atom is -0.296 e. The fraction of sp³-hybridized carbons (Fsp3) is 0.0645. The van der Waals surface area contributed by atoms with Gasteiger partial charge in [0.1, 0.15) is 5.01 Å². The number of amides is 1. The first-order valence-corrected chi connectivity index (χ1v) is 13.1. The van der Waals surface area contributed by atoms with Gasteiger partial charge in [-0.3, -0.25) is 10.1 Å². The van der Waals surface area contributed by atoms with Crippen LogP contribution in [0.25, 0.3) is 33.5 Å². The first-order chi connectivity index (χ1) is 18.7. The second-order valence-corrected chi connectivity index (χ2v) is 9.86. The Labute approximate surface area is 224 Å². The quantitative estimate of drug-likeness (QED) is 0.252.